The maximum atomic E-state index is 12.4. The lowest BCUT2D eigenvalue weighted by atomic mass is 9.87. The van der Waals surface area contributed by atoms with Crippen LogP contribution >= 0.6 is 0 Å². The first kappa shape index (κ1) is 21.1. The third-order valence-corrected chi connectivity index (χ3v) is 5.56. The summed E-state index contributed by atoms with van der Waals surface area (Å²) in [5.74, 6) is -0.0629. The molecule has 0 bridgehead atoms. The quantitative estimate of drug-likeness (QED) is 0.780. The van der Waals surface area contributed by atoms with Crippen LogP contribution in [-0.2, 0) is 15.4 Å². The molecule has 0 unspecified atom stereocenters. The first-order chi connectivity index (χ1) is 12.5. The van der Waals surface area contributed by atoms with Gasteiger partial charge in [-0.25, -0.2) is 13.1 Å². The average molecular weight is 389 g/mol. The number of anilines is 1. The molecule has 0 saturated heterocycles. The standard InChI is InChI=1S/C21H28N2O3S/c1-15(2)14-22-27(25,26)19-12-6-16(7-13-19)20(24)23-18-10-8-17(9-11-18)21(3,4)5/h6-13,15,22H,14H2,1-5H3,(H,23,24). The van der Waals surface area contributed by atoms with Crippen LogP contribution in [0.15, 0.2) is 53.4 Å². The van der Waals surface area contributed by atoms with Gasteiger partial charge in [-0.15, -0.1) is 0 Å². The van der Waals surface area contributed by atoms with Crippen molar-refractivity contribution in [3.8, 4) is 0 Å². The number of hydrogen-bond acceptors (Lipinski definition) is 3. The van der Waals surface area contributed by atoms with Crippen molar-refractivity contribution < 1.29 is 13.2 Å². The highest BCUT2D eigenvalue weighted by atomic mass is 32.2. The van der Waals surface area contributed by atoms with E-state index < -0.39 is 10.0 Å². The molecule has 0 aliphatic rings. The second-order valence-electron chi connectivity index (χ2n) is 8.05. The SMILES string of the molecule is CC(C)CNS(=O)(=O)c1ccc(C(=O)Nc2ccc(C(C)(C)C)cc2)cc1. The Morgan fingerprint density at radius 3 is 2.00 bits per heavy atom. The minimum Gasteiger partial charge on any atom is -0.322 e. The third kappa shape index (κ3) is 5.91. The molecule has 0 aromatic heterocycles. The van der Waals surface area contributed by atoms with Gasteiger partial charge < -0.3 is 5.32 Å². The van der Waals surface area contributed by atoms with Crippen LogP contribution in [0.25, 0.3) is 0 Å². The van der Waals surface area contributed by atoms with Crippen molar-refractivity contribution in [2.24, 2.45) is 5.92 Å². The Hall–Kier alpha value is -2.18. The summed E-state index contributed by atoms with van der Waals surface area (Å²) in [6, 6.07) is 13.6. The number of carbonyl (C=O) groups excluding carboxylic acids is 1. The van der Waals surface area contributed by atoms with Crippen molar-refractivity contribution in [1.29, 1.82) is 0 Å². The fraction of sp³-hybridized carbons (Fsp3) is 0.381. The second-order valence-corrected chi connectivity index (χ2v) is 9.82. The van der Waals surface area contributed by atoms with Crippen LogP contribution in [0.5, 0.6) is 0 Å². The van der Waals surface area contributed by atoms with E-state index in [2.05, 4.69) is 30.8 Å². The predicted molar refractivity (Wildman–Crippen MR) is 110 cm³/mol. The number of hydrogen-bond donors (Lipinski definition) is 2. The molecule has 0 saturated carbocycles. The van der Waals surface area contributed by atoms with Crippen LogP contribution in [-0.4, -0.2) is 20.9 Å². The normalized spacial score (nSPS) is 12.2. The lowest BCUT2D eigenvalue weighted by molar-refractivity contribution is 0.102. The molecule has 0 spiro atoms. The third-order valence-electron chi connectivity index (χ3n) is 4.12. The molecule has 0 radical (unpaired) electrons. The number of nitrogens with one attached hydrogen (secondary N) is 2. The summed E-state index contributed by atoms with van der Waals surface area (Å²) in [6.07, 6.45) is 0. The zero-order valence-electron chi connectivity index (χ0n) is 16.5. The van der Waals surface area contributed by atoms with Gasteiger partial charge in [-0.05, 0) is 53.3 Å². The van der Waals surface area contributed by atoms with Crippen LogP contribution < -0.4 is 10.0 Å². The molecular weight excluding hydrogens is 360 g/mol. The van der Waals surface area contributed by atoms with Gasteiger partial charge in [-0.3, -0.25) is 4.79 Å². The minimum atomic E-state index is -3.56. The van der Waals surface area contributed by atoms with Crippen LogP contribution in [0, 0.1) is 5.92 Å². The zero-order chi connectivity index (χ0) is 20.2. The van der Waals surface area contributed by atoms with Crippen LogP contribution in [0.1, 0.15) is 50.5 Å². The molecule has 2 N–H and O–H groups in total. The van der Waals surface area contributed by atoms with Crippen LogP contribution in [0.2, 0.25) is 0 Å². The van der Waals surface area contributed by atoms with Gasteiger partial charge in [0.2, 0.25) is 10.0 Å². The van der Waals surface area contributed by atoms with E-state index in [-0.39, 0.29) is 22.1 Å². The smallest absolute Gasteiger partial charge is 0.255 e. The summed E-state index contributed by atoms with van der Waals surface area (Å²) < 4.78 is 27.0. The molecule has 0 aliphatic heterocycles. The van der Waals surface area contributed by atoms with E-state index in [1.54, 1.807) is 0 Å². The van der Waals surface area contributed by atoms with Crippen molar-refractivity contribution in [3.05, 3.63) is 59.7 Å². The van der Waals surface area contributed by atoms with Gasteiger partial charge in [0, 0.05) is 17.8 Å². The molecule has 6 heteroatoms. The maximum Gasteiger partial charge on any atom is 0.255 e. The molecule has 0 heterocycles. The molecule has 2 aromatic carbocycles. The largest absolute Gasteiger partial charge is 0.322 e. The number of amides is 1. The number of benzene rings is 2. The highest BCUT2D eigenvalue weighted by molar-refractivity contribution is 7.89. The summed E-state index contributed by atoms with van der Waals surface area (Å²) in [5.41, 5.74) is 2.33. The molecule has 1 amide bonds. The van der Waals surface area contributed by atoms with Crippen molar-refractivity contribution in [2.45, 2.75) is 44.9 Å². The van der Waals surface area contributed by atoms with Gasteiger partial charge in [0.25, 0.3) is 5.91 Å². The molecule has 0 fully saturated rings. The Balaban J connectivity index is 2.07. The Bertz CT molecular complexity index is 879. The average Bonchev–Trinajstić information content (AvgIpc) is 2.60. The molecule has 5 nitrogen and oxygen atoms in total. The Kier molecular flexibility index (Phi) is 6.44. The molecule has 0 aliphatic carbocycles. The summed E-state index contributed by atoms with van der Waals surface area (Å²) in [5, 5.41) is 2.83. The Morgan fingerprint density at radius 2 is 1.52 bits per heavy atom. The van der Waals surface area contributed by atoms with Crippen molar-refractivity contribution in [3.63, 3.8) is 0 Å². The zero-order valence-corrected chi connectivity index (χ0v) is 17.4. The second kappa shape index (κ2) is 8.23. The topological polar surface area (TPSA) is 75.3 Å². The molecule has 2 rings (SSSR count). The highest BCUT2D eigenvalue weighted by Gasteiger charge is 2.16. The minimum absolute atomic E-state index is 0.0491. The van der Waals surface area contributed by atoms with E-state index in [1.807, 2.05) is 38.1 Å². The van der Waals surface area contributed by atoms with Gasteiger partial charge in [-0.1, -0.05) is 46.8 Å². The Labute approximate surface area is 162 Å². The number of carbonyl (C=O) groups is 1. The van der Waals surface area contributed by atoms with E-state index in [0.717, 1.165) is 0 Å². The van der Waals surface area contributed by atoms with E-state index in [4.69, 9.17) is 0 Å². The van der Waals surface area contributed by atoms with Gasteiger partial charge >= 0.3 is 0 Å². The maximum absolute atomic E-state index is 12.4. The van der Waals surface area contributed by atoms with Crippen LogP contribution in [0.4, 0.5) is 5.69 Å². The van der Waals surface area contributed by atoms with Crippen molar-refractivity contribution >= 4 is 21.6 Å². The first-order valence-corrected chi connectivity index (χ1v) is 10.5. The van der Waals surface area contributed by atoms with E-state index in [9.17, 15) is 13.2 Å². The van der Waals surface area contributed by atoms with Crippen LogP contribution in [0.3, 0.4) is 0 Å². The number of rotatable bonds is 6. The Morgan fingerprint density at radius 1 is 0.963 bits per heavy atom. The molecular formula is C21H28N2O3S. The molecule has 27 heavy (non-hydrogen) atoms. The van der Waals surface area contributed by atoms with Gasteiger partial charge in [0.1, 0.15) is 0 Å². The monoisotopic (exact) mass is 388 g/mol. The van der Waals surface area contributed by atoms with Gasteiger partial charge in [-0.2, -0.15) is 0 Å². The lowest BCUT2D eigenvalue weighted by Crippen LogP contribution is -2.27. The number of sulfonamides is 1. The fourth-order valence-corrected chi connectivity index (χ4v) is 3.62. The van der Waals surface area contributed by atoms with E-state index >= 15 is 0 Å². The predicted octanol–water partition coefficient (Wildman–Crippen LogP) is 4.17. The van der Waals surface area contributed by atoms with Crippen molar-refractivity contribution in [2.75, 3.05) is 11.9 Å². The summed E-state index contributed by atoms with van der Waals surface area (Å²) in [7, 11) is -3.56. The summed E-state index contributed by atoms with van der Waals surface area (Å²) in [6.45, 7) is 10.6. The summed E-state index contributed by atoms with van der Waals surface area (Å²) >= 11 is 0. The van der Waals surface area contributed by atoms with E-state index in [1.165, 1.54) is 29.8 Å². The van der Waals surface area contributed by atoms with Crippen molar-refractivity contribution in [1.82, 2.24) is 4.72 Å². The molecule has 2 aromatic rings. The first-order valence-electron chi connectivity index (χ1n) is 9.00. The van der Waals surface area contributed by atoms with E-state index in [0.29, 0.717) is 17.8 Å². The van der Waals surface area contributed by atoms with Gasteiger partial charge in [0.15, 0.2) is 0 Å². The fourth-order valence-electron chi connectivity index (χ4n) is 2.40. The molecule has 146 valence electrons. The highest BCUT2D eigenvalue weighted by Crippen LogP contribution is 2.23. The molecule has 0 atom stereocenters. The summed E-state index contributed by atoms with van der Waals surface area (Å²) in [4.78, 5) is 12.5. The lowest BCUT2D eigenvalue weighted by Gasteiger charge is -2.19. The van der Waals surface area contributed by atoms with Gasteiger partial charge in [0.05, 0.1) is 4.90 Å².